The summed E-state index contributed by atoms with van der Waals surface area (Å²) in [7, 11) is 0. The predicted molar refractivity (Wildman–Crippen MR) is 138 cm³/mol. The van der Waals surface area contributed by atoms with Crippen molar-refractivity contribution in [2.24, 2.45) is 0 Å². The van der Waals surface area contributed by atoms with E-state index in [1.807, 2.05) is 47.6 Å². The van der Waals surface area contributed by atoms with E-state index in [4.69, 9.17) is 23.8 Å². The second-order valence-corrected chi connectivity index (χ2v) is 9.22. The molecule has 2 atom stereocenters. The van der Waals surface area contributed by atoms with Gasteiger partial charge in [0.25, 0.3) is 0 Å². The molecule has 1 fully saturated rings. The number of aromatic hydroxyl groups is 1. The van der Waals surface area contributed by atoms with Gasteiger partial charge in [-0.2, -0.15) is 0 Å². The normalized spacial score (nSPS) is 17.7. The van der Waals surface area contributed by atoms with Crippen molar-refractivity contribution in [2.75, 3.05) is 4.90 Å². The molecule has 172 valence electrons. The Morgan fingerprint density at radius 3 is 2.59 bits per heavy atom. The van der Waals surface area contributed by atoms with Crippen LogP contribution in [0.15, 0.2) is 73.2 Å². The van der Waals surface area contributed by atoms with E-state index in [2.05, 4.69) is 39.8 Å². The lowest BCUT2D eigenvalue weighted by Gasteiger charge is -2.28. The van der Waals surface area contributed by atoms with Gasteiger partial charge in [-0.1, -0.05) is 17.7 Å². The number of aryl methyl sites for hydroxylation is 1. The van der Waals surface area contributed by atoms with Gasteiger partial charge < -0.3 is 19.9 Å². The van der Waals surface area contributed by atoms with Gasteiger partial charge in [-0.05, 0) is 85.7 Å². The quantitative estimate of drug-likeness (QED) is 0.362. The molecule has 1 aliphatic heterocycles. The molecule has 0 spiro atoms. The highest BCUT2D eigenvalue weighted by atomic mass is 35.5. The molecule has 0 radical (unpaired) electrons. The molecule has 2 N–H and O–H groups in total. The van der Waals surface area contributed by atoms with Crippen molar-refractivity contribution >= 4 is 34.6 Å². The number of benzene rings is 1. The molecule has 1 saturated heterocycles. The summed E-state index contributed by atoms with van der Waals surface area (Å²) in [6.45, 7) is 4.97. The topological polar surface area (TPSA) is 66.2 Å². The lowest BCUT2D eigenvalue weighted by atomic mass is 9.96. The largest absolute Gasteiger partial charge is 0.506 e. The maximum absolute atomic E-state index is 10.7. The Morgan fingerprint density at radius 2 is 1.85 bits per heavy atom. The third-order valence-corrected chi connectivity index (χ3v) is 6.87. The Bertz CT molecular complexity index is 1340. The number of hydrogen-bond donors (Lipinski definition) is 2. The summed E-state index contributed by atoms with van der Waals surface area (Å²) in [6.07, 6.45) is 5.40. The minimum absolute atomic E-state index is 0.116. The van der Waals surface area contributed by atoms with E-state index in [0.717, 1.165) is 29.2 Å². The van der Waals surface area contributed by atoms with E-state index in [1.165, 1.54) is 5.56 Å². The number of anilines is 1. The molecule has 1 aromatic carbocycles. The fourth-order valence-electron chi connectivity index (χ4n) is 4.66. The lowest BCUT2D eigenvalue weighted by molar-refractivity contribution is 0.472. The summed E-state index contributed by atoms with van der Waals surface area (Å²) >= 11 is 12.1. The molecule has 34 heavy (non-hydrogen) atoms. The summed E-state index contributed by atoms with van der Waals surface area (Å²) in [5.41, 5.74) is 5.98. The van der Waals surface area contributed by atoms with E-state index in [0.29, 0.717) is 15.8 Å². The maximum atomic E-state index is 10.7. The Labute approximate surface area is 208 Å². The highest BCUT2D eigenvalue weighted by Crippen LogP contribution is 2.46. The molecule has 5 rings (SSSR count). The van der Waals surface area contributed by atoms with Crippen LogP contribution in [0, 0.1) is 13.8 Å². The monoisotopic (exact) mass is 489 g/mol. The Morgan fingerprint density at radius 1 is 1.06 bits per heavy atom. The maximum Gasteiger partial charge on any atom is 0.174 e. The minimum atomic E-state index is -0.232. The number of thiocarbonyl (C=S) groups is 1. The number of nitrogens with one attached hydrogen (secondary N) is 1. The Hall–Kier alpha value is -3.42. The average molecular weight is 490 g/mol. The molecule has 0 aliphatic carbocycles. The fraction of sp³-hybridized carbons (Fsp3) is 0.192. The van der Waals surface area contributed by atoms with Gasteiger partial charge in [-0.15, -0.1) is 0 Å². The van der Waals surface area contributed by atoms with Crippen molar-refractivity contribution in [1.29, 1.82) is 0 Å². The van der Waals surface area contributed by atoms with Crippen LogP contribution >= 0.6 is 23.8 Å². The van der Waals surface area contributed by atoms with Crippen LogP contribution in [-0.2, 0) is 6.54 Å². The molecule has 0 amide bonds. The number of phenols is 1. The third kappa shape index (κ3) is 4.02. The zero-order valence-electron chi connectivity index (χ0n) is 18.8. The first-order chi connectivity index (χ1) is 16.4. The number of hydrogen-bond acceptors (Lipinski definition) is 4. The third-order valence-electron chi connectivity index (χ3n) is 6.32. The van der Waals surface area contributed by atoms with Crippen molar-refractivity contribution < 1.29 is 5.11 Å². The summed E-state index contributed by atoms with van der Waals surface area (Å²) in [4.78, 5) is 10.7. The van der Waals surface area contributed by atoms with Gasteiger partial charge in [0, 0.05) is 41.5 Å². The molecule has 4 aromatic rings. The van der Waals surface area contributed by atoms with Crippen LogP contribution < -0.4 is 10.2 Å². The number of phenolic OH excluding ortho intramolecular Hbond substituents is 1. The van der Waals surface area contributed by atoms with Crippen LogP contribution in [0.4, 0.5) is 5.69 Å². The van der Waals surface area contributed by atoms with Gasteiger partial charge in [0.1, 0.15) is 5.75 Å². The van der Waals surface area contributed by atoms with Gasteiger partial charge in [-0.25, -0.2) is 0 Å². The lowest BCUT2D eigenvalue weighted by Crippen LogP contribution is -2.29. The number of pyridine rings is 2. The molecule has 8 heteroatoms. The molecular formula is C26H24ClN5OS. The summed E-state index contributed by atoms with van der Waals surface area (Å²) in [5, 5.41) is 15.2. The molecule has 0 unspecified atom stereocenters. The van der Waals surface area contributed by atoms with Gasteiger partial charge in [-0.3, -0.25) is 9.97 Å². The van der Waals surface area contributed by atoms with Crippen molar-refractivity contribution in [3.8, 4) is 5.75 Å². The second-order valence-electron chi connectivity index (χ2n) is 8.40. The van der Waals surface area contributed by atoms with Crippen molar-refractivity contribution in [2.45, 2.75) is 32.5 Å². The first-order valence-electron chi connectivity index (χ1n) is 11.0. The zero-order valence-corrected chi connectivity index (χ0v) is 20.4. The Balaban J connectivity index is 1.65. The molecule has 1 aliphatic rings. The highest BCUT2D eigenvalue weighted by molar-refractivity contribution is 7.80. The van der Waals surface area contributed by atoms with E-state index in [-0.39, 0.29) is 17.8 Å². The number of nitrogens with zero attached hydrogens (tertiary/aromatic N) is 4. The predicted octanol–water partition coefficient (Wildman–Crippen LogP) is 5.48. The average Bonchev–Trinajstić information content (AvgIpc) is 3.32. The Kier molecular flexibility index (Phi) is 5.98. The molecular weight excluding hydrogens is 466 g/mol. The van der Waals surface area contributed by atoms with Gasteiger partial charge >= 0.3 is 0 Å². The van der Waals surface area contributed by atoms with Gasteiger partial charge in [0.15, 0.2) is 5.11 Å². The molecule has 4 heterocycles. The SMILES string of the molecule is Cc1cc([C@H]2[C@H](c3ccccn3)NC(=S)N2c2cc(Cl)ccc2O)c(C)n1Cc1ccncc1. The molecule has 0 saturated carbocycles. The van der Waals surface area contributed by atoms with Crippen LogP contribution in [0.25, 0.3) is 0 Å². The standard InChI is InChI=1S/C26H24ClN5OS/c1-16-13-20(17(2)31(16)15-18-8-11-28-12-9-18)25-24(21-5-3-4-10-29-21)30-26(34)32(25)22-14-19(27)6-7-23(22)33/h3-14,24-25,33H,15H2,1-2H3,(H,30,34)/t24-,25-/m0/s1. The fourth-order valence-corrected chi connectivity index (χ4v) is 5.17. The summed E-state index contributed by atoms with van der Waals surface area (Å²) in [5.74, 6) is 0.116. The zero-order chi connectivity index (χ0) is 23.8. The van der Waals surface area contributed by atoms with Crippen molar-refractivity contribution in [1.82, 2.24) is 19.9 Å². The van der Waals surface area contributed by atoms with Crippen LogP contribution in [0.5, 0.6) is 5.75 Å². The van der Waals surface area contributed by atoms with E-state index >= 15 is 0 Å². The van der Waals surface area contributed by atoms with Crippen LogP contribution in [0.2, 0.25) is 5.02 Å². The molecule has 6 nitrogen and oxygen atoms in total. The number of halogens is 1. The van der Waals surface area contributed by atoms with Crippen molar-refractivity contribution in [3.05, 3.63) is 106 Å². The van der Waals surface area contributed by atoms with Crippen LogP contribution in [0.1, 0.15) is 40.3 Å². The minimum Gasteiger partial charge on any atom is -0.506 e. The van der Waals surface area contributed by atoms with Gasteiger partial charge in [0.05, 0.1) is 23.5 Å². The molecule has 3 aromatic heterocycles. The number of rotatable bonds is 5. The summed E-state index contributed by atoms with van der Waals surface area (Å²) < 4.78 is 2.29. The second kappa shape index (κ2) is 9.08. The van der Waals surface area contributed by atoms with Crippen LogP contribution in [0.3, 0.4) is 0 Å². The first-order valence-corrected chi connectivity index (χ1v) is 11.8. The smallest absolute Gasteiger partial charge is 0.174 e. The van der Waals surface area contributed by atoms with Gasteiger partial charge in [0.2, 0.25) is 0 Å². The first kappa shape index (κ1) is 22.4. The summed E-state index contributed by atoms with van der Waals surface area (Å²) in [6, 6.07) is 16.7. The van der Waals surface area contributed by atoms with Crippen LogP contribution in [-0.4, -0.2) is 24.8 Å². The van der Waals surface area contributed by atoms with Crippen molar-refractivity contribution in [3.63, 3.8) is 0 Å². The van der Waals surface area contributed by atoms with E-state index < -0.39 is 0 Å². The van der Waals surface area contributed by atoms with E-state index in [9.17, 15) is 5.11 Å². The molecule has 0 bridgehead atoms. The van der Waals surface area contributed by atoms with E-state index in [1.54, 1.807) is 24.4 Å². The highest BCUT2D eigenvalue weighted by Gasteiger charge is 2.43. The number of aromatic nitrogens is 3.